The molecule has 1 aliphatic heterocycles. The van der Waals surface area contributed by atoms with Crippen LogP contribution in [0.4, 0.5) is 0 Å². The van der Waals surface area contributed by atoms with E-state index >= 15 is 0 Å². The lowest BCUT2D eigenvalue weighted by molar-refractivity contribution is 0.0502. The van der Waals surface area contributed by atoms with Gasteiger partial charge >= 0.3 is 0 Å². The fraction of sp³-hybridized carbons (Fsp3) is 0.350. The molecule has 1 aliphatic rings. The number of carbonyl (C=O) groups is 1. The van der Waals surface area contributed by atoms with Gasteiger partial charge in [0.05, 0.1) is 22.6 Å². The molecule has 27 heavy (non-hydrogen) atoms. The molecule has 4 rings (SSSR count). The van der Waals surface area contributed by atoms with Gasteiger partial charge in [0.25, 0.3) is 11.5 Å². The lowest BCUT2D eigenvalue weighted by Crippen LogP contribution is -2.49. The smallest absolute Gasteiger partial charge is 0.264 e. The predicted octanol–water partition coefficient (Wildman–Crippen LogP) is 2.43. The number of rotatable bonds is 2. The molecule has 0 bridgehead atoms. The van der Waals surface area contributed by atoms with Gasteiger partial charge < -0.3 is 14.4 Å². The van der Waals surface area contributed by atoms with E-state index in [4.69, 9.17) is 0 Å². The van der Waals surface area contributed by atoms with Crippen molar-refractivity contribution in [3.63, 3.8) is 0 Å². The van der Waals surface area contributed by atoms with Crippen molar-refractivity contribution in [2.75, 3.05) is 26.7 Å². The highest BCUT2D eigenvalue weighted by atomic mass is 32.1. The summed E-state index contributed by atoms with van der Waals surface area (Å²) in [4.78, 5) is 35.7. The van der Waals surface area contributed by atoms with Gasteiger partial charge in [0.1, 0.15) is 4.83 Å². The molecule has 0 radical (unpaired) electrons. The minimum atomic E-state index is -0.106. The third-order valence-corrected chi connectivity index (χ3v) is 6.42. The number of fused-ring (bicyclic) bond motifs is 1. The molecule has 3 heterocycles. The number of thiophene rings is 1. The van der Waals surface area contributed by atoms with E-state index in [2.05, 4.69) is 29.1 Å². The highest BCUT2D eigenvalue weighted by Crippen LogP contribution is 2.32. The van der Waals surface area contributed by atoms with Crippen LogP contribution in [0.1, 0.15) is 26.8 Å². The monoisotopic (exact) mass is 382 g/mol. The molecule has 0 spiro atoms. The molecule has 1 saturated heterocycles. The van der Waals surface area contributed by atoms with Crippen LogP contribution in [-0.2, 0) is 7.05 Å². The van der Waals surface area contributed by atoms with Crippen LogP contribution in [0, 0.1) is 6.92 Å². The van der Waals surface area contributed by atoms with Crippen molar-refractivity contribution in [2.45, 2.75) is 13.0 Å². The molecular weight excluding hydrogens is 360 g/mol. The van der Waals surface area contributed by atoms with Gasteiger partial charge in [0.15, 0.2) is 0 Å². The molecule has 1 aromatic carbocycles. The number of likely N-dealkylation sites (N-methyl/N-ethyl adjacent to an activating group) is 1. The average Bonchev–Trinajstić information content (AvgIpc) is 3.02. The fourth-order valence-corrected chi connectivity index (χ4v) is 4.76. The number of piperazine rings is 1. The van der Waals surface area contributed by atoms with E-state index in [-0.39, 0.29) is 17.5 Å². The lowest BCUT2D eigenvalue weighted by atomic mass is 10.0. The van der Waals surface area contributed by atoms with Crippen LogP contribution in [-0.4, -0.2) is 51.9 Å². The van der Waals surface area contributed by atoms with Crippen LogP contribution in [0.2, 0.25) is 0 Å². The summed E-state index contributed by atoms with van der Waals surface area (Å²) in [7, 11) is 3.76. The van der Waals surface area contributed by atoms with Crippen LogP contribution < -0.4 is 5.56 Å². The molecular formula is C20H22N4O2S. The van der Waals surface area contributed by atoms with Gasteiger partial charge in [-0.25, -0.2) is 4.98 Å². The van der Waals surface area contributed by atoms with Crippen molar-refractivity contribution in [2.24, 2.45) is 7.05 Å². The van der Waals surface area contributed by atoms with Gasteiger partial charge in [0, 0.05) is 26.7 Å². The highest BCUT2D eigenvalue weighted by Gasteiger charge is 2.33. The molecule has 0 saturated carbocycles. The van der Waals surface area contributed by atoms with Gasteiger partial charge in [0.2, 0.25) is 0 Å². The molecule has 7 heteroatoms. The number of aromatic nitrogens is 2. The molecule has 1 amide bonds. The van der Waals surface area contributed by atoms with E-state index in [1.54, 1.807) is 7.05 Å². The molecule has 1 atom stereocenters. The van der Waals surface area contributed by atoms with Crippen molar-refractivity contribution < 1.29 is 4.79 Å². The molecule has 0 unspecified atom stereocenters. The van der Waals surface area contributed by atoms with E-state index in [0.29, 0.717) is 21.6 Å². The standard InChI is InChI=1S/C20H22N4O2S/c1-13-16-18(21-12-23(3)19(16)25)27-17(13)20(26)24-10-9-22(2)11-15(24)14-7-5-4-6-8-14/h4-8,12,15H,9-11H2,1-3H3/t15-/m1/s1. The van der Waals surface area contributed by atoms with Gasteiger partial charge in [-0.2, -0.15) is 0 Å². The van der Waals surface area contributed by atoms with Crippen molar-refractivity contribution in [3.05, 3.63) is 63.0 Å². The van der Waals surface area contributed by atoms with Gasteiger partial charge in [-0.1, -0.05) is 30.3 Å². The molecule has 140 valence electrons. The third kappa shape index (κ3) is 3.07. The number of amides is 1. The maximum Gasteiger partial charge on any atom is 0.264 e. The second-order valence-corrected chi connectivity index (χ2v) is 8.08. The van der Waals surface area contributed by atoms with E-state index in [1.165, 1.54) is 22.2 Å². The second-order valence-electron chi connectivity index (χ2n) is 7.08. The van der Waals surface area contributed by atoms with Crippen LogP contribution >= 0.6 is 11.3 Å². The highest BCUT2D eigenvalue weighted by molar-refractivity contribution is 7.20. The molecule has 2 aromatic heterocycles. The first-order valence-electron chi connectivity index (χ1n) is 8.96. The van der Waals surface area contributed by atoms with Crippen LogP contribution in [0.5, 0.6) is 0 Å². The zero-order chi connectivity index (χ0) is 19.1. The summed E-state index contributed by atoms with van der Waals surface area (Å²) in [5.41, 5.74) is 1.76. The average molecular weight is 382 g/mol. The summed E-state index contributed by atoms with van der Waals surface area (Å²) in [6, 6.07) is 10.1. The van der Waals surface area contributed by atoms with Gasteiger partial charge in [-0.05, 0) is 25.1 Å². The van der Waals surface area contributed by atoms with Gasteiger partial charge in [-0.15, -0.1) is 11.3 Å². The SMILES string of the molecule is Cc1c(C(=O)N2CCN(C)C[C@@H]2c2ccccc2)sc2ncn(C)c(=O)c12. The molecule has 3 aromatic rings. The third-order valence-electron chi connectivity index (χ3n) is 5.23. The van der Waals surface area contributed by atoms with Gasteiger partial charge in [-0.3, -0.25) is 9.59 Å². The summed E-state index contributed by atoms with van der Waals surface area (Å²) >= 11 is 1.32. The maximum absolute atomic E-state index is 13.5. The number of hydrogen-bond donors (Lipinski definition) is 0. The zero-order valence-corrected chi connectivity index (χ0v) is 16.5. The minimum absolute atomic E-state index is 0.00199. The van der Waals surface area contributed by atoms with E-state index in [9.17, 15) is 9.59 Å². The predicted molar refractivity (Wildman–Crippen MR) is 107 cm³/mol. The maximum atomic E-state index is 13.5. The summed E-state index contributed by atoms with van der Waals surface area (Å²) < 4.78 is 1.46. The number of hydrogen-bond acceptors (Lipinski definition) is 5. The summed E-state index contributed by atoms with van der Waals surface area (Å²) in [5, 5.41) is 0.554. The number of benzene rings is 1. The number of aryl methyl sites for hydroxylation is 2. The number of carbonyl (C=O) groups excluding carboxylic acids is 1. The van der Waals surface area contributed by atoms with E-state index < -0.39 is 0 Å². The Morgan fingerprint density at radius 1 is 1.19 bits per heavy atom. The molecule has 6 nitrogen and oxygen atoms in total. The number of nitrogens with zero attached hydrogens (tertiary/aromatic N) is 4. The Balaban J connectivity index is 1.77. The minimum Gasteiger partial charge on any atom is -0.328 e. The first kappa shape index (κ1) is 17.9. The normalized spacial score (nSPS) is 18.2. The Kier molecular flexibility index (Phi) is 4.57. The zero-order valence-electron chi connectivity index (χ0n) is 15.7. The Bertz CT molecular complexity index is 1060. The second kappa shape index (κ2) is 6.90. The molecule has 0 aliphatic carbocycles. The quantitative estimate of drug-likeness (QED) is 0.683. The summed E-state index contributed by atoms with van der Waals surface area (Å²) in [5.74, 6) is -0.0143. The first-order valence-corrected chi connectivity index (χ1v) is 9.78. The van der Waals surface area contributed by atoms with Crippen molar-refractivity contribution in [1.29, 1.82) is 0 Å². The van der Waals surface area contributed by atoms with Crippen LogP contribution in [0.25, 0.3) is 10.2 Å². The lowest BCUT2D eigenvalue weighted by Gasteiger charge is -2.40. The van der Waals surface area contributed by atoms with Crippen LogP contribution in [0.3, 0.4) is 0 Å². The van der Waals surface area contributed by atoms with E-state index in [0.717, 1.165) is 24.2 Å². The Hall–Kier alpha value is -2.51. The Morgan fingerprint density at radius 3 is 2.67 bits per heavy atom. The molecule has 0 N–H and O–H groups in total. The van der Waals surface area contributed by atoms with Crippen molar-refractivity contribution in [3.8, 4) is 0 Å². The topological polar surface area (TPSA) is 58.4 Å². The molecule has 1 fully saturated rings. The first-order chi connectivity index (χ1) is 13.0. The fourth-order valence-electron chi connectivity index (χ4n) is 3.67. The largest absolute Gasteiger partial charge is 0.328 e. The van der Waals surface area contributed by atoms with Crippen molar-refractivity contribution >= 4 is 27.5 Å². The van der Waals surface area contributed by atoms with Crippen LogP contribution in [0.15, 0.2) is 41.5 Å². The van der Waals surface area contributed by atoms with E-state index in [1.807, 2.05) is 30.0 Å². The summed E-state index contributed by atoms with van der Waals surface area (Å²) in [6.07, 6.45) is 1.51. The Morgan fingerprint density at radius 2 is 1.93 bits per heavy atom. The van der Waals surface area contributed by atoms with Crippen molar-refractivity contribution in [1.82, 2.24) is 19.4 Å². The Labute approximate surface area is 161 Å². The summed E-state index contributed by atoms with van der Waals surface area (Å²) in [6.45, 7) is 4.13.